The van der Waals surface area contributed by atoms with E-state index in [2.05, 4.69) is 0 Å². The van der Waals surface area contributed by atoms with Gasteiger partial charge < -0.3 is 4.74 Å². The molecule has 0 radical (unpaired) electrons. The Hall–Kier alpha value is -0.570. The Kier molecular flexibility index (Phi) is 1.65. The summed E-state index contributed by atoms with van der Waals surface area (Å²) in [6, 6.07) is 0. The van der Waals surface area contributed by atoms with Gasteiger partial charge in [0.05, 0.1) is 5.41 Å². The van der Waals surface area contributed by atoms with Crippen LogP contribution in [0, 0.1) is 10.8 Å². The Labute approximate surface area is 87.8 Å². The molecule has 78 valence electrons. The van der Waals surface area contributed by atoms with E-state index in [1.54, 1.807) is 0 Å². The monoisotopic (exact) mass is 216 g/mol. The predicted molar refractivity (Wildman–Crippen MR) is 50.8 cm³/mol. The number of halogens is 1. The molecule has 2 rings (SSSR count). The average molecular weight is 217 g/mol. The molecule has 2 bridgehead atoms. The first-order valence-corrected chi connectivity index (χ1v) is 5.09. The van der Waals surface area contributed by atoms with Gasteiger partial charge >= 0.3 is 11.9 Å². The van der Waals surface area contributed by atoms with Crippen LogP contribution in [0.4, 0.5) is 0 Å². The number of alkyl halides is 1. The second kappa shape index (κ2) is 2.32. The van der Waals surface area contributed by atoms with Crippen LogP contribution in [0.15, 0.2) is 0 Å². The Morgan fingerprint density at radius 1 is 1.14 bits per heavy atom. The summed E-state index contributed by atoms with van der Waals surface area (Å²) in [7, 11) is 0. The number of cyclic esters (lactones) is 2. The maximum absolute atomic E-state index is 11.6. The maximum Gasteiger partial charge on any atom is 0.335 e. The summed E-state index contributed by atoms with van der Waals surface area (Å²) in [5.74, 6) is -1.01. The molecular formula is C10H13ClO3. The van der Waals surface area contributed by atoms with Crippen molar-refractivity contribution in [3.8, 4) is 0 Å². The van der Waals surface area contributed by atoms with Gasteiger partial charge in [-0.2, -0.15) is 0 Å². The zero-order chi connectivity index (χ0) is 10.8. The molecule has 0 spiro atoms. The molecule has 4 heteroatoms. The van der Waals surface area contributed by atoms with Gasteiger partial charge in [0.1, 0.15) is 4.87 Å². The molecule has 3 nitrogen and oxygen atoms in total. The topological polar surface area (TPSA) is 43.4 Å². The molecule has 0 N–H and O–H groups in total. The second-order valence-electron chi connectivity index (χ2n) is 4.94. The minimum absolute atomic E-state index is 0.429. The summed E-state index contributed by atoms with van der Waals surface area (Å²) < 4.78 is 4.71. The normalized spacial score (nSPS) is 45.1. The van der Waals surface area contributed by atoms with Crippen molar-refractivity contribution < 1.29 is 14.3 Å². The fourth-order valence-electron chi connectivity index (χ4n) is 2.48. The highest BCUT2D eigenvalue weighted by atomic mass is 35.5. The summed E-state index contributed by atoms with van der Waals surface area (Å²) in [5.41, 5.74) is -1.16. The van der Waals surface area contributed by atoms with Crippen molar-refractivity contribution in [1.29, 1.82) is 0 Å². The largest absolute Gasteiger partial charge is 0.391 e. The van der Waals surface area contributed by atoms with E-state index in [-0.39, 0.29) is 0 Å². The van der Waals surface area contributed by atoms with Crippen LogP contribution in [-0.2, 0) is 14.3 Å². The maximum atomic E-state index is 11.6. The first kappa shape index (κ1) is 9.97. The molecular weight excluding hydrogens is 204 g/mol. The van der Waals surface area contributed by atoms with E-state index in [9.17, 15) is 9.59 Å². The highest BCUT2D eigenvalue weighted by Gasteiger charge is 2.71. The van der Waals surface area contributed by atoms with E-state index in [4.69, 9.17) is 16.3 Å². The summed E-state index contributed by atoms with van der Waals surface area (Å²) in [6.07, 6.45) is 1.14. The van der Waals surface area contributed by atoms with E-state index in [0.717, 1.165) is 0 Å². The third-order valence-corrected chi connectivity index (χ3v) is 5.11. The lowest BCUT2D eigenvalue weighted by atomic mass is 9.64. The molecule has 0 aromatic carbocycles. The van der Waals surface area contributed by atoms with Crippen molar-refractivity contribution in [2.45, 2.75) is 38.5 Å². The number of esters is 2. The predicted octanol–water partition coefficient (Wildman–Crippen LogP) is 1.87. The number of carbonyl (C=O) groups excluding carboxylic acids is 2. The van der Waals surface area contributed by atoms with Crippen molar-refractivity contribution in [3.63, 3.8) is 0 Å². The zero-order valence-corrected chi connectivity index (χ0v) is 9.27. The van der Waals surface area contributed by atoms with Crippen molar-refractivity contribution in [2.24, 2.45) is 10.8 Å². The molecule has 1 heterocycles. The number of carbonyl (C=O) groups is 2. The van der Waals surface area contributed by atoms with Gasteiger partial charge in [0.2, 0.25) is 0 Å². The van der Waals surface area contributed by atoms with Gasteiger partial charge in [-0.25, -0.2) is 4.79 Å². The number of hydrogen-bond donors (Lipinski definition) is 0. The van der Waals surface area contributed by atoms with Crippen LogP contribution in [0.25, 0.3) is 0 Å². The van der Waals surface area contributed by atoms with Crippen LogP contribution in [0.3, 0.4) is 0 Å². The number of hydrogen-bond acceptors (Lipinski definition) is 3. The Morgan fingerprint density at radius 3 is 2.29 bits per heavy atom. The molecule has 0 aromatic rings. The quantitative estimate of drug-likeness (QED) is 0.353. The summed E-state index contributed by atoms with van der Waals surface area (Å²) in [5, 5.41) is 0. The lowest BCUT2D eigenvalue weighted by Gasteiger charge is -2.45. The van der Waals surface area contributed by atoms with Crippen LogP contribution in [0.1, 0.15) is 33.6 Å². The molecule has 0 amide bonds. The van der Waals surface area contributed by atoms with Gasteiger partial charge in [-0.15, -0.1) is 11.6 Å². The third kappa shape index (κ3) is 0.761. The molecule has 0 aromatic heterocycles. The van der Waals surface area contributed by atoms with E-state index in [0.29, 0.717) is 12.8 Å². The van der Waals surface area contributed by atoms with Crippen LogP contribution in [0.2, 0.25) is 0 Å². The summed E-state index contributed by atoms with van der Waals surface area (Å²) >= 11 is 6.27. The third-order valence-electron chi connectivity index (χ3n) is 4.30. The van der Waals surface area contributed by atoms with Gasteiger partial charge in [-0.05, 0) is 19.8 Å². The molecule has 2 unspecified atom stereocenters. The Balaban J connectivity index is 2.61. The van der Waals surface area contributed by atoms with Crippen LogP contribution in [-0.4, -0.2) is 16.8 Å². The minimum atomic E-state index is -1.02. The summed E-state index contributed by atoms with van der Waals surface area (Å²) in [4.78, 5) is 22.2. The fraction of sp³-hybridized carbons (Fsp3) is 0.800. The second-order valence-corrected chi connectivity index (χ2v) is 5.58. The number of ether oxygens (including phenoxy) is 1. The minimum Gasteiger partial charge on any atom is -0.391 e. The van der Waals surface area contributed by atoms with Gasteiger partial charge in [-0.3, -0.25) is 4.79 Å². The van der Waals surface area contributed by atoms with E-state index < -0.39 is 27.6 Å². The molecule has 2 aliphatic rings. The Bertz CT molecular complexity index is 306. The van der Waals surface area contributed by atoms with Gasteiger partial charge in [0.15, 0.2) is 0 Å². The lowest BCUT2D eigenvalue weighted by Crippen LogP contribution is -2.57. The molecule has 1 aliphatic carbocycles. The smallest absolute Gasteiger partial charge is 0.335 e. The van der Waals surface area contributed by atoms with Gasteiger partial charge in [0.25, 0.3) is 0 Å². The number of fused-ring (bicyclic) bond motifs is 2. The van der Waals surface area contributed by atoms with E-state index in [1.165, 1.54) is 0 Å². The molecule has 2 fully saturated rings. The van der Waals surface area contributed by atoms with Gasteiger partial charge in [-0.1, -0.05) is 13.8 Å². The van der Waals surface area contributed by atoms with Crippen molar-refractivity contribution in [1.82, 2.24) is 0 Å². The molecule has 1 saturated heterocycles. The molecule has 1 aliphatic heterocycles. The number of rotatable bonds is 0. The zero-order valence-electron chi connectivity index (χ0n) is 8.52. The first-order valence-electron chi connectivity index (χ1n) is 4.71. The molecule has 1 saturated carbocycles. The van der Waals surface area contributed by atoms with E-state index in [1.807, 2.05) is 20.8 Å². The molecule has 14 heavy (non-hydrogen) atoms. The van der Waals surface area contributed by atoms with Gasteiger partial charge in [0, 0.05) is 5.41 Å². The highest BCUT2D eigenvalue weighted by molar-refractivity contribution is 6.36. The average Bonchev–Trinajstić information content (AvgIpc) is 2.21. The van der Waals surface area contributed by atoms with Crippen LogP contribution < -0.4 is 0 Å². The molecule has 2 atom stereocenters. The lowest BCUT2D eigenvalue weighted by molar-refractivity contribution is -0.182. The van der Waals surface area contributed by atoms with Crippen molar-refractivity contribution in [2.75, 3.05) is 0 Å². The van der Waals surface area contributed by atoms with Crippen molar-refractivity contribution in [3.05, 3.63) is 0 Å². The summed E-state index contributed by atoms with van der Waals surface area (Å²) in [6.45, 7) is 5.56. The SMILES string of the molecule is CC12CCC(Cl)(C(=O)OC1=O)C2(C)C. The van der Waals surface area contributed by atoms with Crippen LogP contribution >= 0.6 is 11.6 Å². The van der Waals surface area contributed by atoms with Crippen LogP contribution in [0.5, 0.6) is 0 Å². The fourth-order valence-corrected chi connectivity index (χ4v) is 2.82. The standard InChI is InChI=1S/C10H13ClO3/c1-8(2)9(3)4-5-10(8,11)7(13)14-6(9)12/h4-5H2,1-3H3. The van der Waals surface area contributed by atoms with Crippen molar-refractivity contribution >= 4 is 23.5 Å². The first-order chi connectivity index (χ1) is 6.26. The van der Waals surface area contributed by atoms with E-state index >= 15 is 0 Å². The Morgan fingerprint density at radius 2 is 1.71 bits per heavy atom. The highest BCUT2D eigenvalue weighted by Crippen LogP contribution is 2.64.